The van der Waals surface area contributed by atoms with Crippen molar-refractivity contribution in [3.8, 4) is 11.4 Å². The number of carbonyl (C=O) groups excluding carboxylic acids is 1. The summed E-state index contributed by atoms with van der Waals surface area (Å²) in [5.74, 6) is 0.00548. The van der Waals surface area contributed by atoms with Crippen molar-refractivity contribution in [2.75, 3.05) is 31.6 Å². The van der Waals surface area contributed by atoms with Crippen LogP contribution in [-0.4, -0.2) is 69.3 Å². The normalized spacial score (nSPS) is 21.2. The molecule has 0 radical (unpaired) electrons. The van der Waals surface area contributed by atoms with Crippen LogP contribution in [-0.2, 0) is 4.74 Å². The lowest BCUT2D eigenvalue weighted by molar-refractivity contribution is 0.0521. The highest BCUT2D eigenvalue weighted by Crippen LogP contribution is 2.29. The van der Waals surface area contributed by atoms with Gasteiger partial charge in [-0.3, -0.25) is 0 Å². The number of H-pyrrole nitrogens is 1. The van der Waals surface area contributed by atoms with E-state index in [9.17, 15) is 9.18 Å². The second-order valence-electron chi connectivity index (χ2n) is 8.40. The fraction of sp³-hybridized carbons (Fsp3) is 0.455. The van der Waals surface area contributed by atoms with Gasteiger partial charge in [0.05, 0.1) is 24.4 Å². The van der Waals surface area contributed by atoms with Crippen molar-refractivity contribution in [3.63, 3.8) is 0 Å². The molecular formula is C22H25ClFN7O2. The number of nitrogens with one attached hydrogen (secondary N) is 3. The summed E-state index contributed by atoms with van der Waals surface area (Å²) in [6, 6.07) is 1.73. The molecule has 5 rings (SSSR count). The van der Waals surface area contributed by atoms with E-state index >= 15 is 0 Å². The summed E-state index contributed by atoms with van der Waals surface area (Å²) >= 11 is 6.09. The lowest BCUT2D eigenvalue weighted by Crippen LogP contribution is -2.51. The van der Waals surface area contributed by atoms with Crippen LogP contribution in [0, 0.1) is 5.82 Å². The number of morpholine rings is 1. The van der Waals surface area contributed by atoms with Crippen LogP contribution in [0.3, 0.4) is 0 Å². The molecule has 0 aromatic carbocycles. The van der Waals surface area contributed by atoms with Crippen molar-refractivity contribution >= 4 is 34.5 Å². The third-order valence-corrected chi connectivity index (χ3v) is 6.33. The number of aromatic nitrogens is 4. The lowest BCUT2D eigenvalue weighted by atomic mass is 9.91. The summed E-state index contributed by atoms with van der Waals surface area (Å²) in [7, 11) is 0. The van der Waals surface area contributed by atoms with Crippen LogP contribution < -0.4 is 10.6 Å². The maximum Gasteiger partial charge on any atom is 0.317 e. The average Bonchev–Trinajstić information content (AvgIpc) is 3.24. The molecule has 0 spiro atoms. The van der Waals surface area contributed by atoms with Gasteiger partial charge in [0.25, 0.3) is 0 Å². The topological polar surface area (TPSA) is 108 Å². The number of hydrogen-bond acceptors (Lipinski definition) is 6. The van der Waals surface area contributed by atoms with Crippen LogP contribution in [0.1, 0.15) is 25.7 Å². The van der Waals surface area contributed by atoms with Gasteiger partial charge in [-0.15, -0.1) is 0 Å². The van der Waals surface area contributed by atoms with E-state index in [2.05, 4.69) is 30.6 Å². The first-order valence-corrected chi connectivity index (χ1v) is 11.5. The smallest absolute Gasteiger partial charge is 0.317 e. The fourth-order valence-corrected chi connectivity index (χ4v) is 4.60. The zero-order valence-corrected chi connectivity index (χ0v) is 18.7. The fourth-order valence-electron chi connectivity index (χ4n) is 4.44. The quantitative estimate of drug-likeness (QED) is 0.534. The monoisotopic (exact) mass is 473 g/mol. The molecule has 2 fully saturated rings. The van der Waals surface area contributed by atoms with Crippen LogP contribution in [0.5, 0.6) is 0 Å². The van der Waals surface area contributed by atoms with Crippen LogP contribution in [0.25, 0.3) is 22.4 Å². The van der Waals surface area contributed by atoms with Gasteiger partial charge in [-0.1, -0.05) is 11.6 Å². The molecule has 11 heteroatoms. The molecule has 1 saturated carbocycles. The number of carbonyl (C=O) groups is 1. The third-order valence-electron chi connectivity index (χ3n) is 6.12. The van der Waals surface area contributed by atoms with Gasteiger partial charge in [0.1, 0.15) is 5.65 Å². The Morgan fingerprint density at radius 3 is 2.88 bits per heavy atom. The molecule has 2 amide bonds. The molecule has 1 unspecified atom stereocenters. The van der Waals surface area contributed by atoms with E-state index in [0.717, 1.165) is 24.6 Å². The standard InChI is InChI=1S/C22H25ClFN7O2/c23-13-8-16-17(11-26-19(16)25-10-13)20-27-12-18(24)21(30-20)28-14-2-1-3-15(9-14)29-22(32)31-4-6-33-7-5-31/h8,10-12,14-15H,1-7,9H2,(H,25,26)(H,29,32)(H,27,28,30)/t14?,15-/m1/s1. The molecular weight excluding hydrogens is 449 g/mol. The Morgan fingerprint density at radius 2 is 2.03 bits per heavy atom. The Balaban J connectivity index is 1.28. The number of aromatic amines is 1. The predicted molar refractivity (Wildman–Crippen MR) is 123 cm³/mol. The van der Waals surface area contributed by atoms with Gasteiger partial charge in [-0.2, -0.15) is 0 Å². The highest BCUT2D eigenvalue weighted by molar-refractivity contribution is 6.31. The van der Waals surface area contributed by atoms with Gasteiger partial charge >= 0.3 is 6.03 Å². The van der Waals surface area contributed by atoms with Crippen molar-refractivity contribution in [2.24, 2.45) is 0 Å². The summed E-state index contributed by atoms with van der Waals surface area (Å²) in [4.78, 5) is 30.2. The van der Waals surface area contributed by atoms with Crippen LogP contribution in [0.4, 0.5) is 15.0 Å². The van der Waals surface area contributed by atoms with Gasteiger partial charge < -0.3 is 25.3 Å². The first-order chi connectivity index (χ1) is 16.1. The van der Waals surface area contributed by atoms with E-state index < -0.39 is 5.82 Å². The van der Waals surface area contributed by atoms with Crippen molar-refractivity contribution in [1.82, 2.24) is 30.2 Å². The van der Waals surface area contributed by atoms with E-state index in [-0.39, 0.29) is 23.9 Å². The molecule has 3 aromatic heterocycles. The molecule has 4 heterocycles. The van der Waals surface area contributed by atoms with E-state index in [1.165, 1.54) is 6.20 Å². The summed E-state index contributed by atoms with van der Waals surface area (Å²) in [5.41, 5.74) is 1.35. The maximum atomic E-state index is 14.6. The minimum atomic E-state index is -0.519. The van der Waals surface area contributed by atoms with E-state index in [1.807, 2.05) is 0 Å². The van der Waals surface area contributed by atoms with Crippen LogP contribution in [0.15, 0.2) is 24.7 Å². The minimum Gasteiger partial charge on any atom is -0.378 e. The number of hydrogen-bond donors (Lipinski definition) is 3. The number of pyridine rings is 1. The number of nitrogens with zero attached hydrogens (tertiary/aromatic N) is 4. The number of anilines is 1. The number of amides is 2. The van der Waals surface area contributed by atoms with Gasteiger partial charge in [-0.05, 0) is 31.7 Å². The van der Waals surface area contributed by atoms with Crippen molar-refractivity contribution in [2.45, 2.75) is 37.8 Å². The first-order valence-electron chi connectivity index (χ1n) is 11.1. The second-order valence-corrected chi connectivity index (χ2v) is 8.83. The van der Waals surface area contributed by atoms with Gasteiger partial charge in [0, 0.05) is 48.5 Å². The highest BCUT2D eigenvalue weighted by atomic mass is 35.5. The Labute approximate surface area is 195 Å². The van der Waals surface area contributed by atoms with Crippen molar-refractivity contribution < 1.29 is 13.9 Å². The Kier molecular flexibility index (Phi) is 6.28. The highest BCUT2D eigenvalue weighted by Gasteiger charge is 2.27. The number of ether oxygens (including phenoxy) is 1. The lowest BCUT2D eigenvalue weighted by Gasteiger charge is -2.33. The summed E-state index contributed by atoms with van der Waals surface area (Å²) in [6.45, 7) is 2.33. The van der Waals surface area contributed by atoms with Gasteiger partial charge in [0.15, 0.2) is 17.5 Å². The summed E-state index contributed by atoms with van der Waals surface area (Å²) in [5, 5.41) is 7.61. The number of urea groups is 1. The predicted octanol–water partition coefficient (Wildman–Crippen LogP) is 3.58. The molecule has 1 saturated heterocycles. The Morgan fingerprint density at radius 1 is 1.21 bits per heavy atom. The number of halogens is 2. The van der Waals surface area contributed by atoms with E-state index in [1.54, 1.807) is 23.4 Å². The molecule has 9 nitrogen and oxygen atoms in total. The van der Waals surface area contributed by atoms with Crippen molar-refractivity contribution in [3.05, 3.63) is 35.5 Å². The molecule has 174 valence electrons. The van der Waals surface area contributed by atoms with Crippen LogP contribution in [0.2, 0.25) is 5.02 Å². The summed E-state index contributed by atoms with van der Waals surface area (Å²) in [6.07, 6.45) is 7.86. The minimum absolute atomic E-state index is 0.00920. The van der Waals surface area contributed by atoms with Gasteiger partial charge in [0.2, 0.25) is 0 Å². The largest absolute Gasteiger partial charge is 0.378 e. The second kappa shape index (κ2) is 9.48. The molecule has 1 aliphatic carbocycles. The third kappa shape index (κ3) is 4.86. The van der Waals surface area contributed by atoms with Crippen molar-refractivity contribution in [1.29, 1.82) is 0 Å². The molecule has 3 aromatic rings. The van der Waals surface area contributed by atoms with E-state index in [0.29, 0.717) is 54.8 Å². The molecule has 33 heavy (non-hydrogen) atoms. The van der Waals surface area contributed by atoms with Crippen LogP contribution >= 0.6 is 11.6 Å². The van der Waals surface area contributed by atoms with E-state index in [4.69, 9.17) is 16.3 Å². The molecule has 3 N–H and O–H groups in total. The summed E-state index contributed by atoms with van der Waals surface area (Å²) < 4.78 is 19.9. The SMILES string of the molecule is O=C(N[C@@H]1CCCC(Nc2nc(-c3c[nH]c4ncc(Cl)cc34)ncc2F)C1)N1CCOCC1. The zero-order valence-electron chi connectivity index (χ0n) is 18.0. The number of fused-ring (bicyclic) bond motifs is 1. The average molecular weight is 474 g/mol. The molecule has 1 aliphatic heterocycles. The molecule has 0 bridgehead atoms. The van der Waals surface area contributed by atoms with Gasteiger partial charge in [-0.25, -0.2) is 24.1 Å². The first kappa shape index (κ1) is 21.8. The number of rotatable bonds is 4. The maximum absolute atomic E-state index is 14.6. The molecule has 2 atom stereocenters. The Bertz CT molecular complexity index is 1150. The zero-order chi connectivity index (χ0) is 22.8. The molecule has 2 aliphatic rings. The Hall–Kier alpha value is -2.98.